The van der Waals surface area contributed by atoms with Gasteiger partial charge in [-0.2, -0.15) is 5.26 Å². The Bertz CT molecular complexity index is 708. The van der Waals surface area contributed by atoms with E-state index in [2.05, 4.69) is 0 Å². The molecule has 0 radical (unpaired) electrons. The summed E-state index contributed by atoms with van der Waals surface area (Å²) in [4.78, 5) is 12.0. The van der Waals surface area contributed by atoms with Gasteiger partial charge in [-0.05, 0) is 35.9 Å². The topological polar surface area (TPSA) is 68.5 Å². The van der Waals surface area contributed by atoms with Crippen LogP contribution in [0.2, 0.25) is 0 Å². The summed E-state index contributed by atoms with van der Waals surface area (Å²) in [5.74, 6) is 0.984. The molecule has 1 aliphatic rings. The van der Waals surface area contributed by atoms with Crippen LogP contribution in [0.1, 0.15) is 11.1 Å². The van der Waals surface area contributed by atoms with Crippen molar-refractivity contribution in [2.24, 2.45) is 0 Å². The third kappa shape index (κ3) is 3.61. The molecule has 0 amide bonds. The molecule has 0 N–H and O–H groups in total. The Morgan fingerprint density at radius 2 is 1.96 bits per heavy atom. The molecule has 5 nitrogen and oxygen atoms in total. The van der Waals surface area contributed by atoms with Gasteiger partial charge in [-0.15, -0.1) is 0 Å². The lowest BCUT2D eigenvalue weighted by Crippen LogP contribution is -2.28. The fourth-order valence-corrected chi connectivity index (χ4v) is 2.33. The van der Waals surface area contributed by atoms with E-state index < -0.39 is 6.10 Å². The number of hydrogen-bond acceptors (Lipinski definition) is 5. The van der Waals surface area contributed by atoms with Crippen molar-refractivity contribution in [2.45, 2.75) is 12.5 Å². The van der Waals surface area contributed by atoms with Crippen LogP contribution in [-0.2, 0) is 16.0 Å². The second kappa shape index (κ2) is 6.84. The molecule has 2 aromatic carbocycles. The number of nitriles is 1. The van der Waals surface area contributed by atoms with Gasteiger partial charge in [0, 0.05) is 6.42 Å². The van der Waals surface area contributed by atoms with Crippen molar-refractivity contribution in [1.29, 1.82) is 5.26 Å². The summed E-state index contributed by atoms with van der Waals surface area (Å²) in [6, 6.07) is 16.4. The number of rotatable bonds is 5. The molecule has 0 saturated carbocycles. The molecule has 1 heterocycles. The molecule has 2 aromatic rings. The standard InChI is InChI=1S/C18H15NO4/c19-12-13-5-7-15(8-6-13)21-9-10-22-18(20)17-11-14-3-1-2-4-16(14)23-17/h1-8,17H,9-11H2/t17-/m1/s1. The number of para-hydroxylation sites is 1. The highest BCUT2D eigenvalue weighted by molar-refractivity contribution is 5.76. The average Bonchev–Trinajstić information content (AvgIpc) is 3.03. The van der Waals surface area contributed by atoms with E-state index in [9.17, 15) is 4.79 Å². The Kier molecular flexibility index (Phi) is 4.44. The van der Waals surface area contributed by atoms with Gasteiger partial charge in [-0.1, -0.05) is 18.2 Å². The molecule has 5 heteroatoms. The zero-order valence-corrected chi connectivity index (χ0v) is 12.4. The molecule has 0 spiro atoms. The van der Waals surface area contributed by atoms with Crippen molar-refractivity contribution in [3.05, 3.63) is 59.7 Å². The predicted molar refractivity (Wildman–Crippen MR) is 82.2 cm³/mol. The van der Waals surface area contributed by atoms with E-state index in [1.807, 2.05) is 30.3 Å². The van der Waals surface area contributed by atoms with Gasteiger partial charge in [0.1, 0.15) is 24.7 Å². The number of carbonyl (C=O) groups is 1. The van der Waals surface area contributed by atoms with Crippen molar-refractivity contribution < 1.29 is 19.0 Å². The van der Waals surface area contributed by atoms with Crippen LogP contribution in [0.5, 0.6) is 11.5 Å². The second-order valence-corrected chi connectivity index (χ2v) is 5.07. The Morgan fingerprint density at radius 1 is 1.17 bits per heavy atom. The van der Waals surface area contributed by atoms with E-state index in [1.54, 1.807) is 24.3 Å². The minimum atomic E-state index is -0.581. The minimum absolute atomic E-state index is 0.148. The van der Waals surface area contributed by atoms with E-state index in [0.29, 0.717) is 17.7 Å². The van der Waals surface area contributed by atoms with Crippen molar-refractivity contribution in [2.75, 3.05) is 13.2 Å². The normalized spacial score (nSPS) is 15.2. The molecule has 3 rings (SSSR count). The Labute approximate surface area is 134 Å². The molecule has 1 aliphatic heterocycles. The Balaban J connectivity index is 1.41. The van der Waals surface area contributed by atoms with Crippen LogP contribution in [0.15, 0.2) is 48.5 Å². The van der Waals surface area contributed by atoms with E-state index >= 15 is 0 Å². The molecule has 0 fully saturated rings. The maximum absolute atomic E-state index is 12.0. The fraction of sp³-hybridized carbons (Fsp3) is 0.222. The quantitative estimate of drug-likeness (QED) is 0.627. The molecule has 0 aromatic heterocycles. The summed E-state index contributed by atoms with van der Waals surface area (Å²) in [5, 5.41) is 8.71. The van der Waals surface area contributed by atoms with Gasteiger partial charge >= 0.3 is 5.97 Å². The molecular formula is C18H15NO4. The van der Waals surface area contributed by atoms with Gasteiger partial charge in [0.25, 0.3) is 0 Å². The van der Waals surface area contributed by atoms with Crippen molar-refractivity contribution >= 4 is 5.97 Å². The van der Waals surface area contributed by atoms with E-state index in [-0.39, 0.29) is 19.2 Å². The Morgan fingerprint density at radius 3 is 2.70 bits per heavy atom. The van der Waals surface area contributed by atoms with Crippen molar-refractivity contribution in [3.8, 4) is 17.6 Å². The molecule has 0 saturated heterocycles. The zero-order valence-electron chi connectivity index (χ0n) is 12.4. The smallest absolute Gasteiger partial charge is 0.347 e. The highest BCUT2D eigenvalue weighted by atomic mass is 16.6. The number of nitrogens with zero attached hydrogens (tertiary/aromatic N) is 1. The highest BCUT2D eigenvalue weighted by Gasteiger charge is 2.29. The maximum atomic E-state index is 12.0. The van der Waals surface area contributed by atoms with Gasteiger partial charge in [-0.25, -0.2) is 4.79 Å². The van der Waals surface area contributed by atoms with Crippen LogP contribution >= 0.6 is 0 Å². The minimum Gasteiger partial charge on any atom is -0.490 e. The summed E-state index contributed by atoms with van der Waals surface area (Å²) in [6.45, 7) is 0.395. The van der Waals surface area contributed by atoms with Gasteiger partial charge in [0.05, 0.1) is 11.6 Å². The number of ether oxygens (including phenoxy) is 3. The van der Waals surface area contributed by atoms with Crippen LogP contribution in [-0.4, -0.2) is 25.3 Å². The number of hydrogen-bond donors (Lipinski definition) is 0. The van der Waals surface area contributed by atoms with Gasteiger partial charge in [0.2, 0.25) is 0 Å². The summed E-state index contributed by atoms with van der Waals surface area (Å²) in [7, 11) is 0. The number of esters is 1. The summed E-state index contributed by atoms with van der Waals surface area (Å²) in [5.41, 5.74) is 1.59. The molecule has 0 aliphatic carbocycles. The molecular weight excluding hydrogens is 294 g/mol. The van der Waals surface area contributed by atoms with Crippen LogP contribution < -0.4 is 9.47 Å². The van der Waals surface area contributed by atoms with Gasteiger partial charge < -0.3 is 14.2 Å². The summed E-state index contributed by atoms with van der Waals surface area (Å²) in [6.07, 6.45) is -0.0480. The third-order valence-corrected chi connectivity index (χ3v) is 3.49. The number of carbonyl (C=O) groups excluding carboxylic acids is 1. The lowest BCUT2D eigenvalue weighted by atomic mass is 10.1. The number of benzene rings is 2. The molecule has 23 heavy (non-hydrogen) atoms. The van der Waals surface area contributed by atoms with Crippen LogP contribution in [0.4, 0.5) is 0 Å². The molecule has 1 atom stereocenters. The monoisotopic (exact) mass is 309 g/mol. The molecule has 0 bridgehead atoms. The van der Waals surface area contributed by atoms with Gasteiger partial charge in [0.15, 0.2) is 6.10 Å². The first-order valence-corrected chi connectivity index (χ1v) is 7.30. The zero-order chi connectivity index (χ0) is 16.1. The number of fused-ring (bicyclic) bond motifs is 1. The molecule has 0 unspecified atom stereocenters. The first kappa shape index (κ1) is 14.9. The van der Waals surface area contributed by atoms with Crippen LogP contribution in [0.25, 0.3) is 0 Å². The van der Waals surface area contributed by atoms with Crippen LogP contribution in [0.3, 0.4) is 0 Å². The fourth-order valence-electron chi connectivity index (χ4n) is 2.33. The predicted octanol–water partition coefficient (Wildman–Crippen LogP) is 2.48. The summed E-state index contributed by atoms with van der Waals surface area (Å²) < 4.78 is 16.2. The van der Waals surface area contributed by atoms with Gasteiger partial charge in [-0.3, -0.25) is 0 Å². The largest absolute Gasteiger partial charge is 0.490 e. The first-order chi connectivity index (χ1) is 11.3. The average molecular weight is 309 g/mol. The van der Waals surface area contributed by atoms with E-state index in [4.69, 9.17) is 19.5 Å². The van der Waals surface area contributed by atoms with Crippen LogP contribution in [0, 0.1) is 11.3 Å². The third-order valence-electron chi connectivity index (χ3n) is 3.49. The lowest BCUT2D eigenvalue weighted by Gasteiger charge is -2.11. The van der Waals surface area contributed by atoms with E-state index in [0.717, 1.165) is 11.3 Å². The molecule has 116 valence electrons. The van der Waals surface area contributed by atoms with E-state index in [1.165, 1.54) is 0 Å². The maximum Gasteiger partial charge on any atom is 0.347 e. The van der Waals surface area contributed by atoms with Crippen molar-refractivity contribution in [1.82, 2.24) is 0 Å². The first-order valence-electron chi connectivity index (χ1n) is 7.30. The summed E-state index contributed by atoms with van der Waals surface area (Å²) >= 11 is 0. The second-order valence-electron chi connectivity index (χ2n) is 5.07. The van der Waals surface area contributed by atoms with Crippen molar-refractivity contribution in [3.63, 3.8) is 0 Å². The highest BCUT2D eigenvalue weighted by Crippen LogP contribution is 2.28. The SMILES string of the molecule is N#Cc1ccc(OCCOC(=O)[C@H]2Cc3ccccc3O2)cc1. The Hall–Kier alpha value is -3.00. The lowest BCUT2D eigenvalue weighted by molar-refractivity contribution is -0.151.